The number of nitrogens with one attached hydrogen (secondary N) is 7. The van der Waals surface area contributed by atoms with E-state index in [0.717, 1.165) is 21.6 Å². The third-order valence-electron chi connectivity index (χ3n) is 14.6. The van der Waals surface area contributed by atoms with Crippen LogP contribution >= 0.6 is 64.8 Å². The van der Waals surface area contributed by atoms with Crippen LogP contribution in [0.2, 0.25) is 0 Å². The Balaban J connectivity index is 1.54. The number of nitrogens with zero attached hydrogens (tertiary/aromatic N) is 1. The first-order valence-corrected chi connectivity index (χ1v) is 34.8. The molecule has 6 rings (SSSR count). The Hall–Kier alpha value is -4.56. The van der Waals surface area contributed by atoms with Gasteiger partial charge in [0.1, 0.15) is 29.4 Å². The van der Waals surface area contributed by atoms with Crippen molar-refractivity contribution in [2.75, 3.05) is 47.6 Å². The molecule has 83 heavy (non-hydrogen) atoms. The molecule has 456 valence electrons. The molecule has 0 aliphatic carbocycles. The topological polar surface area (TPSA) is 359 Å². The van der Waals surface area contributed by atoms with Crippen LogP contribution in [-0.4, -0.2) is 209 Å². The van der Waals surface area contributed by atoms with E-state index in [1.54, 1.807) is 24.3 Å². The van der Waals surface area contributed by atoms with Crippen molar-refractivity contribution in [1.29, 1.82) is 0 Å². The molecule has 2 aromatic carbocycles. The Morgan fingerprint density at radius 2 is 1.36 bits per heavy atom. The van der Waals surface area contributed by atoms with Crippen molar-refractivity contribution in [3.8, 4) is 11.5 Å². The van der Waals surface area contributed by atoms with Crippen LogP contribution in [0.3, 0.4) is 0 Å². The SMILES string of the molecule is CC(=O)[C@H](Cc1ccc(O)cc1)NC1CSSCC2C(=O)[C@H](Cc3ccc(O)cc3)NC(=O)[C@H](CCC(=O)O)NC3CCSSCC2N[C@@H](CC(=O)O)C(=O)N2CCC[C@H]2C(=O)N[C@@H](C)C(=O)C(CSSC3)N[C@@H]([C@@H](C)O)C(=O)NCC1=O. The minimum absolute atomic E-state index is 0.0000838. The number of fused-ring (bicyclic) bond motifs is 11. The fourth-order valence-corrected chi connectivity index (χ4v) is 17.5. The number of phenols is 2. The molecule has 4 fully saturated rings. The number of aromatic hydroxyl groups is 2. The summed E-state index contributed by atoms with van der Waals surface area (Å²) in [5.41, 5.74) is 1.17. The molecule has 12 N–H and O–H groups in total. The van der Waals surface area contributed by atoms with Gasteiger partial charge in [-0.05, 0) is 94.7 Å². The second kappa shape index (κ2) is 33.4. The predicted octanol–water partition coefficient (Wildman–Crippen LogP) is 1.49. The van der Waals surface area contributed by atoms with Gasteiger partial charge < -0.3 is 57.0 Å². The van der Waals surface area contributed by atoms with E-state index in [2.05, 4.69) is 37.2 Å². The van der Waals surface area contributed by atoms with Gasteiger partial charge in [-0.25, -0.2) is 0 Å². The second-order valence-corrected chi connectivity index (χ2v) is 28.7. The molecular formula is C54H74N8O15S6. The van der Waals surface area contributed by atoms with Gasteiger partial charge in [-0.2, -0.15) is 0 Å². The molecule has 0 spiro atoms. The maximum absolute atomic E-state index is 15.8. The molecule has 0 radical (unpaired) electrons. The van der Waals surface area contributed by atoms with Gasteiger partial charge in [0.25, 0.3) is 0 Å². The highest BCUT2D eigenvalue weighted by Gasteiger charge is 2.43. The number of hydrogen-bond donors (Lipinski definition) is 12. The van der Waals surface area contributed by atoms with Crippen molar-refractivity contribution < 1.29 is 73.5 Å². The Morgan fingerprint density at radius 3 is 2.02 bits per heavy atom. The lowest BCUT2D eigenvalue weighted by Crippen LogP contribution is -2.61. The normalized spacial score (nSPS) is 29.1. The number of Topliss-reactive ketones (excluding diaryl/α,β-unsaturated/α-hetero) is 4. The van der Waals surface area contributed by atoms with Crippen molar-refractivity contribution in [3.63, 3.8) is 0 Å². The number of benzene rings is 2. The van der Waals surface area contributed by atoms with Gasteiger partial charge in [0.15, 0.2) is 17.3 Å². The smallest absolute Gasteiger partial charge is 0.305 e. The molecule has 4 heterocycles. The van der Waals surface area contributed by atoms with Crippen LogP contribution in [0.5, 0.6) is 11.5 Å². The summed E-state index contributed by atoms with van der Waals surface area (Å²) < 4.78 is 0. The number of ketones is 4. The van der Waals surface area contributed by atoms with E-state index in [9.17, 15) is 68.7 Å². The summed E-state index contributed by atoms with van der Waals surface area (Å²) in [5.74, 6) is -8.24. The van der Waals surface area contributed by atoms with Gasteiger partial charge in [-0.15, -0.1) is 0 Å². The quantitative estimate of drug-likeness (QED) is 0.126. The molecule has 23 nitrogen and oxygen atoms in total. The number of aliphatic hydroxyl groups excluding tert-OH is 1. The molecule has 4 aliphatic heterocycles. The first-order chi connectivity index (χ1) is 39.6. The summed E-state index contributed by atoms with van der Waals surface area (Å²) in [6.07, 6.45) is -1.93. The fraction of sp³-hybridized carbons (Fsp3) is 0.593. The molecule has 13 atom stereocenters. The molecule has 5 unspecified atom stereocenters. The van der Waals surface area contributed by atoms with E-state index in [1.807, 2.05) is 0 Å². The number of amides is 4. The number of aliphatic carboxylic acids is 2. The highest BCUT2D eigenvalue weighted by Crippen LogP contribution is 2.34. The van der Waals surface area contributed by atoms with Gasteiger partial charge >= 0.3 is 11.9 Å². The number of carbonyl (C=O) groups is 10. The summed E-state index contributed by atoms with van der Waals surface area (Å²) >= 11 is 0. The lowest BCUT2D eigenvalue weighted by atomic mass is 9.89. The van der Waals surface area contributed by atoms with Crippen molar-refractivity contribution in [2.45, 2.75) is 145 Å². The van der Waals surface area contributed by atoms with Crippen LogP contribution in [0.25, 0.3) is 0 Å². The third-order valence-corrected chi connectivity index (χ3v) is 22.0. The molecule has 29 heteroatoms. The zero-order chi connectivity index (χ0) is 60.3. The van der Waals surface area contributed by atoms with Crippen LogP contribution in [0.15, 0.2) is 48.5 Å². The maximum Gasteiger partial charge on any atom is 0.305 e. The summed E-state index contributed by atoms with van der Waals surface area (Å²) in [7, 11) is 7.59. The number of phenolic OH excluding ortho intramolecular Hbond substituents is 2. The summed E-state index contributed by atoms with van der Waals surface area (Å²) in [4.78, 5) is 143. The fourth-order valence-electron chi connectivity index (χ4n) is 9.98. The van der Waals surface area contributed by atoms with Crippen molar-refractivity contribution in [2.24, 2.45) is 5.92 Å². The Labute approximate surface area is 505 Å². The molecule has 4 amide bonds. The molecule has 0 saturated carbocycles. The molecule has 4 saturated heterocycles. The Morgan fingerprint density at radius 1 is 0.711 bits per heavy atom. The summed E-state index contributed by atoms with van der Waals surface area (Å²) in [6, 6.07) is -0.657. The van der Waals surface area contributed by atoms with E-state index in [4.69, 9.17) is 0 Å². The minimum atomic E-state index is -1.52. The lowest BCUT2D eigenvalue weighted by molar-refractivity contribution is -0.145. The number of aliphatic hydroxyl groups is 1. The first-order valence-electron chi connectivity index (χ1n) is 27.3. The van der Waals surface area contributed by atoms with Crippen LogP contribution in [-0.2, 0) is 60.8 Å². The van der Waals surface area contributed by atoms with E-state index < -0.39 is 151 Å². The molecule has 0 aromatic heterocycles. The van der Waals surface area contributed by atoms with Gasteiger partial charge in [-0.3, -0.25) is 58.6 Å². The van der Waals surface area contributed by atoms with Gasteiger partial charge in [-0.1, -0.05) is 89.0 Å². The van der Waals surface area contributed by atoms with Crippen molar-refractivity contribution in [3.05, 3.63) is 59.7 Å². The van der Waals surface area contributed by atoms with Crippen LogP contribution < -0.4 is 37.2 Å². The van der Waals surface area contributed by atoms with E-state index in [0.29, 0.717) is 29.7 Å². The Kier molecular flexibility index (Phi) is 27.2. The highest BCUT2D eigenvalue weighted by atomic mass is 33.1. The molecule has 4 aliphatic rings. The lowest BCUT2D eigenvalue weighted by Gasteiger charge is -2.35. The van der Waals surface area contributed by atoms with Crippen molar-refractivity contribution >= 4 is 123 Å². The monoisotopic (exact) mass is 1270 g/mol. The number of rotatable bonds is 13. The van der Waals surface area contributed by atoms with Crippen LogP contribution in [0, 0.1) is 5.92 Å². The predicted molar refractivity (Wildman–Crippen MR) is 323 cm³/mol. The van der Waals surface area contributed by atoms with Gasteiger partial charge in [0.2, 0.25) is 23.6 Å². The third kappa shape index (κ3) is 20.8. The van der Waals surface area contributed by atoms with Crippen LogP contribution in [0.1, 0.15) is 70.4 Å². The number of carboxylic acid groups (broad SMARTS) is 2. The average molecular weight is 1270 g/mol. The zero-order valence-corrected chi connectivity index (χ0v) is 51.1. The van der Waals surface area contributed by atoms with E-state index in [1.165, 1.54) is 93.1 Å². The molecular weight excluding hydrogens is 1190 g/mol. The van der Waals surface area contributed by atoms with E-state index >= 15 is 4.79 Å². The zero-order valence-electron chi connectivity index (χ0n) is 46.2. The van der Waals surface area contributed by atoms with Gasteiger partial charge in [0, 0.05) is 65.5 Å². The number of hydrogen-bond acceptors (Lipinski definition) is 23. The van der Waals surface area contributed by atoms with Crippen molar-refractivity contribution in [1.82, 2.24) is 42.1 Å². The highest BCUT2D eigenvalue weighted by molar-refractivity contribution is 8.77. The standard InChI is InChI=1S/C54H74N8O15S6/c1-28-49(72)43-27-83-79-23-33-16-18-78-81-25-41(59-40(21-47(70)71)54(77)62-17-4-5-44(62)52(75)56-28)36(50(73)39(20-32-8-12-35(66)13-9-32)61-51(74)37(57-33)14-15-46(68)69)24-80-82-26-42(45(67)22-55-53(76)48(60-43)30(3)64)58-38(29(2)63)19-31-6-10-34(65)11-7-31/h6-13,28,30,33,36-44,48,57-60,64-66H,4-5,14-27H2,1-3H3,(H,55,76)(H,56,75)(H,61,74)(H,68,69)(H,70,71)/t28-,30+,33?,36?,37-,38-,39-,40-,41?,42?,43?,44-,48-/m0/s1. The van der Waals surface area contributed by atoms with E-state index in [-0.39, 0.29) is 78.3 Å². The summed E-state index contributed by atoms with van der Waals surface area (Å²) in [5, 5.41) is 72.8. The maximum atomic E-state index is 15.8. The first kappa shape index (κ1) is 67.6. The second-order valence-electron chi connectivity index (χ2n) is 20.9. The minimum Gasteiger partial charge on any atom is -0.508 e. The Bertz CT molecular complexity index is 2610. The summed E-state index contributed by atoms with van der Waals surface area (Å²) in [6.45, 7) is 3.55. The van der Waals surface area contributed by atoms with Crippen LogP contribution in [0.4, 0.5) is 0 Å². The van der Waals surface area contributed by atoms with Gasteiger partial charge in [0.05, 0.1) is 61.4 Å². The molecule has 3 bridgehead atoms. The number of carbonyl (C=O) groups excluding carboxylic acids is 8. The average Bonchev–Trinajstić information content (AvgIpc) is 4.20. The molecule has 2 aromatic rings. The number of carboxylic acids is 2. The largest absolute Gasteiger partial charge is 0.508 e.